The van der Waals surface area contributed by atoms with Crippen LogP contribution in [0, 0.1) is 0 Å². The molecule has 2 amide bonds. The maximum Gasteiger partial charge on any atom is 0.251 e. The standard InChI is InChI=1S/C35H47N5O5S/c1-4-36-29-21-27(22-31(23-29)40(46(3,44)45)30-18-12-7-13-19-30)35(43)39-32(20-26-14-8-5-9-15-26)33(41)24-37-25(2)34(42)38-28-16-10-6-11-17-28/h5,7-9,12-15,18-19,21-23,25,28,32-33,36-37,41H,4,6,10-11,16-17,20,24H2,1-3H3,(H,38,42)(H,39,43)/t25-,32-,33+/m0/s1. The van der Waals surface area contributed by atoms with Crippen LogP contribution in [-0.2, 0) is 21.2 Å². The summed E-state index contributed by atoms with van der Waals surface area (Å²) in [6.45, 7) is 4.31. The Balaban J connectivity index is 1.55. The van der Waals surface area contributed by atoms with Gasteiger partial charge in [0.05, 0.1) is 35.8 Å². The molecule has 3 aromatic carbocycles. The second-order valence-electron chi connectivity index (χ2n) is 12.0. The van der Waals surface area contributed by atoms with Gasteiger partial charge in [0.15, 0.2) is 0 Å². The summed E-state index contributed by atoms with van der Waals surface area (Å²) in [5.41, 5.74) is 2.47. The molecule has 5 N–H and O–H groups in total. The summed E-state index contributed by atoms with van der Waals surface area (Å²) in [4.78, 5) is 26.6. The third-order valence-electron chi connectivity index (χ3n) is 8.18. The second-order valence-corrected chi connectivity index (χ2v) is 13.8. The van der Waals surface area contributed by atoms with E-state index in [0.717, 1.165) is 37.5 Å². The van der Waals surface area contributed by atoms with Crippen molar-refractivity contribution in [3.63, 3.8) is 0 Å². The van der Waals surface area contributed by atoms with E-state index in [1.54, 1.807) is 49.4 Å². The summed E-state index contributed by atoms with van der Waals surface area (Å²) in [7, 11) is -3.76. The van der Waals surface area contributed by atoms with Gasteiger partial charge in [0, 0.05) is 30.4 Å². The van der Waals surface area contributed by atoms with E-state index < -0.39 is 34.1 Å². The highest BCUT2D eigenvalue weighted by Crippen LogP contribution is 2.31. The molecule has 11 heteroatoms. The molecule has 248 valence electrons. The van der Waals surface area contributed by atoms with Crippen LogP contribution in [0.3, 0.4) is 0 Å². The number of carbonyl (C=O) groups is 2. The SMILES string of the molecule is CCNc1cc(C(=O)N[C@@H](Cc2ccccc2)[C@H](O)CN[C@@H](C)C(=O)NC2CCCCC2)cc(N(c2ccccc2)S(C)(=O)=O)c1. The van der Waals surface area contributed by atoms with Gasteiger partial charge in [-0.05, 0) is 69.0 Å². The molecule has 0 aliphatic heterocycles. The Hall–Kier alpha value is -3.93. The van der Waals surface area contributed by atoms with Gasteiger partial charge in [-0.2, -0.15) is 0 Å². The summed E-state index contributed by atoms with van der Waals surface area (Å²) in [6.07, 6.45) is 5.83. The van der Waals surface area contributed by atoms with Gasteiger partial charge >= 0.3 is 0 Å². The molecular weight excluding hydrogens is 602 g/mol. The van der Waals surface area contributed by atoms with Crippen LogP contribution in [0.15, 0.2) is 78.9 Å². The van der Waals surface area contributed by atoms with Crippen molar-refractivity contribution in [3.05, 3.63) is 90.0 Å². The molecule has 0 radical (unpaired) electrons. The maximum atomic E-state index is 13.8. The molecule has 3 atom stereocenters. The molecule has 1 fully saturated rings. The topological polar surface area (TPSA) is 140 Å². The minimum Gasteiger partial charge on any atom is -0.390 e. The highest BCUT2D eigenvalue weighted by Gasteiger charge is 2.27. The highest BCUT2D eigenvalue weighted by atomic mass is 32.2. The fourth-order valence-electron chi connectivity index (χ4n) is 5.77. The summed E-state index contributed by atoms with van der Waals surface area (Å²) >= 11 is 0. The molecule has 0 heterocycles. The Morgan fingerprint density at radius 2 is 1.59 bits per heavy atom. The lowest BCUT2D eigenvalue weighted by atomic mass is 9.95. The molecule has 0 unspecified atom stereocenters. The molecule has 0 spiro atoms. The molecule has 10 nitrogen and oxygen atoms in total. The van der Waals surface area contributed by atoms with Crippen molar-refractivity contribution in [2.45, 2.75) is 76.6 Å². The molecule has 0 saturated heterocycles. The Bertz CT molecular complexity index is 1530. The Morgan fingerprint density at radius 1 is 0.935 bits per heavy atom. The fourth-order valence-corrected chi connectivity index (χ4v) is 6.76. The van der Waals surface area contributed by atoms with Crippen molar-refractivity contribution in [1.29, 1.82) is 0 Å². The monoisotopic (exact) mass is 649 g/mol. The number of anilines is 3. The lowest BCUT2D eigenvalue weighted by Crippen LogP contribution is -2.53. The number of nitrogens with zero attached hydrogens (tertiary/aromatic N) is 1. The van der Waals surface area contributed by atoms with Gasteiger partial charge in [-0.15, -0.1) is 0 Å². The van der Waals surface area contributed by atoms with E-state index in [-0.39, 0.29) is 24.1 Å². The number of nitrogens with one attached hydrogen (secondary N) is 4. The zero-order valence-electron chi connectivity index (χ0n) is 26.9. The van der Waals surface area contributed by atoms with Crippen molar-refractivity contribution in [2.24, 2.45) is 0 Å². The Kier molecular flexibility index (Phi) is 12.6. The number of benzene rings is 3. The van der Waals surface area contributed by atoms with Crippen molar-refractivity contribution >= 4 is 38.9 Å². The largest absolute Gasteiger partial charge is 0.390 e. The van der Waals surface area contributed by atoms with Crippen LogP contribution in [-0.4, -0.2) is 68.9 Å². The van der Waals surface area contributed by atoms with E-state index in [2.05, 4.69) is 21.3 Å². The van der Waals surface area contributed by atoms with Crippen LogP contribution in [0.4, 0.5) is 17.1 Å². The normalized spacial score (nSPS) is 15.7. The van der Waals surface area contributed by atoms with E-state index in [0.29, 0.717) is 30.0 Å². The van der Waals surface area contributed by atoms with E-state index in [1.807, 2.05) is 37.3 Å². The van der Waals surface area contributed by atoms with Crippen molar-refractivity contribution in [1.82, 2.24) is 16.0 Å². The molecule has 1 aliphatic carbocycles. The van der Waals surface area contributed by atoms with E-state index in [9.17, 15) is 23.1 Å². The van der Waals surface area contributed by atoms with Crippen LogP contribution in [0.25, 0.3) is 0 Å². The van der Waals surface area contributed by atoms with Crippen LogP contribution < -0.4 is 25.6 Å². The summed E-state index contributed by atoms with van der Waals surface area (Å²) in [5, 5.41) is 23.8. The Morgan fingerprint density at radius 3 is 2.22 bits per heavy atom. The van der Waals surface area contributed by atoms with Crippen LogP contribution in [0.2, 0.25) is 0 Å². The van der Waals surface area contributed by atoms with Crippen LogP contribution in [0.1, 0.15) is 61.9 Å². The quantitative estimate of drug-likeness (QED) is 0.165. The smallest absolute Gasteiger partial charge is 0.251 e. The number of amides is 2. The number of hydrogen-bond donors (Lipinski definition) is 5. The molecule has 0 bridgehead atoms. The van der Waals surface area contributed by atoms with Crippen LogP contribution >= 0.6 is 0 Å². The Labute approximate surface area is 273 Å². The number of sulfonamides is 1. The summed E-state index contributed by atoms with van der Waals surface area (Å²) < 4.78 is 27.2. The zero-order valence-corrected chi connectivity index (χ0v) is 27.7. The van der Waals surface area contributed by atoms with Gasteiger partial charge in [-0.3, -0.25) is 9.59 Å². The lowest BCUT2D eigenvalue weighted by Gasteiger charge is -2.28. The number of hydrogen-bond acceptors (Lipinski definition) is 7. The number of aliphatic hydroxyl groups is 1. The molecule has 46 heavy (non-hydrogen) atoms. The van der Waals surface area contributed by atoms with Gasteiger partial charge in [0.2, 0.25) is 15.9 Å². The minimum atomic E-state index is -3.76. The first-order chi connectivity index (χ1) is 22.0. The lowest BCUT2D eigenvalue weighted by molar-refractivity contribution is -0.123. The third kappa shape index (κ3) is 10.0. The molecule has 1 saturated carbocycles. The molecule has 0 aromatic heterocycles. The van der Waals surface area contributed by atoms with Gasteiger partial charge in [0.25, 0.3) is 5.91 Å². The maximum absolute atomic E-state index is 13.8. The number of rotatable bonds is 15. The first-order valence-electron chi connectivity index (χ1n) is 16.1. The predicted octanol–water partition coefficient (Wildman–Crippen LogP) is 4.35. The zero-order chi connectivity index (χ0) is 33.1. The van der Waals surface area contributed by atoms with E-state index in [4.69, 9.17) is 0 Å². The van der Waals surface area contributed by atoms with Gasteiger partial charge in [0.1, 0.15) is 0 Å². The fraction of sp³-hybridized carbons (Fsp3) is 0.429. The van der Waals surface area contributed by atoms with E-state index in [1.165, 1.54) is 16.8 Å². The molecule has 4 rings (SSSR count). The summed E-state index contributed by atoms with van der Waals surface area (Å²) in [5.74, 6) is -0.574. The molecule has 1 aliphatic rings. The van der Waals surface area contributed by atoms with Crippen molar-refractivity contribution < 1.29 is 23.1 Å². The second kappa shape index (κ2) is 16.6. The van der Waals surface area contributed by atoms with Crippen LogP contribution in [0.5, 0.6) is 0 Å². The third-order valence-corrected chi connectivity index (χ3v) is 9.26. The molecular formula is C35H47N5O5S. The average molecular weight is 650 g/mol. The average Bonchev–Trinajstić information content (AvgIpc) is 3.04. The first-order valence-corrected chi connectivity index (χ1v) is 17.9. The molecule has 3 aromatic rings. The number of aliphatic hydroxyl groups excluding tert-OH is 1. The van der Waals surface area contributed by atoms with Crippen molar-refractivity contribution in [3.8, 4) is 0 Å². The van der Waals surface area contributed by atoms with Gasteiger partial charge < -0.3 is 26.4 Å². The summed E-state index contributed by atoms with van der Waals surface area (Å²) in [6, 6.07) is 22.1. The van der Waals surface area contributed by atoms with E-state index >= 15 is 0 Å². The predicted molar refractivity (Wildman–Crippen MR) is 184 cm³/mol. The minimum absolute atomic E-state index is 0.0789. The van der Waals surface area contributed by atoms with Gasteiger partial charge in [-0.1, -0.05) is 67.8 Å². The number of para-hydroxylation sites is 1. The highest BCUT2D eigenvalue weighted by molar-refractivity contribution is 7.92. The van der Waals surface area contributed by atoms with Gasteiger partial charge in [-0.25, -0.2) is 12.7 Å². The first kappa shape index (κ1) is 34.9. The number of carbonyl (C=O) groups excluding carboxylic acids is 2. The van der Waals surface area contributed by atoms with Crippen molar-refractivity contribution in [2.75, 3.05) is 29.0 Å².